The van der Waals surface area contributed by atoms with Crippen LogP contribution in [0.3, 0.4) is 0 Å². The average molecular weight is 653 g/mol. The van der Waals surface area contributed by atoms with Crippen LogP contribution >= 0.6 is 24.4 Å². The van der Waals surface area contributed by atoms with Gasteiger partial charge in [-0.2, -0.15) is 0 Å². The third-order valence-electron chi connectivity index (χ3n) is 9.47. The second kappa shape index (κ2) is 32.3. The van der Waals surface area contributed by atoms with Gasteiger partial charge < -0.3 is 20.4 Å². The van der Waals surface area contributed by atoms with Crippen molar-refractivity contribution in [2.45, 2.75) is 194 Å². The second-order valence-electron chi connectivity index (χ2n) is 13.6. The zero-order chi connectivity index (χ0) is 31.8. The molecule has 0 unspecified atom stereocenters. The maximum absolute atomic E-state index is 5.70. The normalized spacial score (nSPS) is 13.4. The predicted molar refractivity (Wildman–Crippen MR) is 205 cm³/mol. The molecule has 0 aromatic carbocycles. The first-order chi connectivity index (χ1) is 21.7. The lowest BCUT2D eigenvalue weighted by molar-refractivity contribution is 0.254. The van der Waals surface area contributed by atoms with Gasteiger partial charge in [-0.1, -0.05) is 181 Å². The lowest BCUT2D eigenvalue weighted by Crippen LogP contribution is -2.55. The lowest BCUT2D eigenvalue weighted by Gasteiger charge is -2.37. The van der Waals surface area contributed by atoms with Gasteiger partial charge in [0.05, 0.1) is 0 Å². The number of unbranched alkanes of at least 4 members (excludes halogenated alkanes) is 26. The molecule has 0 radical (unpaired) electrons. The van der Waals surface area contributed by atoms with E-state index in [-0.39, 0.29) is 0 Å². The van der Waals surface area contributed by atoms with Gasteiger partial charge in [0.1, 0.15) is 0 Å². The SMILES string of the molecule is CCCCCCCCCCCCCCCCNC(=S)N1CCN(C(=S)NCCCCCCCCCCCCCCCC)CC1. The Morgan fingerprint density at radius 3 is 0.795 bits per heavy atom. The molecular formula is C38H76N4S2. The summed E-state index contributed by atoms with van der Waals surface area (Å²) in [5.41, 5.74) is 0. The molecule has 1 fully saturated rings. The molecule has 1 aliphatic rings. The molecule has 0 atom stereocenters. The van der Waals surface area contributed by atoms with Gasteiger partial charge in [-0.3, -0.25) is 0 Å². The quantitative estimate of drug-likeness (QED) is 0.0593. The average Bonchev–Trinajstić information content (AvgIpc) is 3.04. The summed E-state index contributed by atoms with van der Waals surface area (Å²) in [5, 5.41) is 8.89. The van der Waals surface area contributed by atoms with Crippen molar-refractivity contribution >= 4 is 34.7 Å². The van der Waals surface area contributed by atoms with Crippen LogP contribution in [0.5, 0.6) is 0 Å². The highest BCUT2D eigenvalue weighted by Gasteiger charge is 2.20. The molecule has 1 aliphatic heterocycles. The van der Waals surface area contributed by atoms with Crippen molar-refractivity contribution in [1.29, 1.82) is 0 Å². The van der Waals surface area contributed by atoms with Crippen molar-refractivity contribution < 1.29 is 0 Å². The Balaban J connectivity index is 1.86. The summed E-state index contributed by atoms with van der Waals surface area (Å²) in [6, 6.07) is 0. The molecule has 44 heavy (non-hydrogen) atoms. The smallest absolute Gasteiger partial charge is 0.169 e. The fourth-order valence-corrected chi connectivity index (χ4v) is 6.94. The molecule has 1 heterocycles. The standard InChI is InChI=1S/C38H76N4S2/c1-3-5-7-9-11-13-15-17-19-21-23-25-27-29-31-39-37(43)41-33-35-42(36-34-41)38(44)40-32-30-28-26-24-22-20-18-16-14-12-10-8-6-4-2/h3-36H2,1-2H3,(H,39,43)(H,40,44). The number of hydrogen-bond acceptors (Lipinski definition) is 2. The highest BCUT2D eigenvalue weighted by molar-refractivity contribution is 7.80. The number of hydrogen-bond donors (Lipinski definition) is 2. The molecule has 0 spiro atoms. The van der Waals surface area contributed by atoms with E-state index in [4.69, 9.17) is 24.4 Å². The largest absolute Gasteiger partial charge is 0.363 e. The molecule has 1 rings (SSSR count). The van der Waals surface area contributed by atoms with E-state index in [0.717, 1.165) is 49.5 Å². The summed E-state index contributed by atoms with van der Waals surface area (Å²) in [4.78, 5) is 4.65. The lowest BCUT2D eigenvalue weighted by atomic mass is 10.0. The van der Waals surface area contributed by atoms with Crippen LogP contribution in [0, 0.1) is 0 Å². The molecule has 0 aromatic rings. The Hall–Kier alpha value is -0.620. The monoisotopic (exact) mass is 653 g/mol. The maximum atomic E-state index is 5.70. The van der Waals surface area contributed by atoms with Gasteiger partial charge in [-0.05, 0) is 37.3 Å². The van der Waals surface area contributed by atoms with Crippen LogP contribution in [-0.2, 0) is 0 Å². The number of nitrogens with one attached hydrogen (secondary N) is 2. The van der Waals surface area contributed by atoms with Crippen molar-refractivity contribution in [2.24, 2.45) is 0 Å². The predicted octanol–water partition coefficient (Wildman–Crippen LogP) is 11.3. The van der Waals surface area contributed by atoms with Crippen LogP contribution in [0.15, 0.2) is 0 Å². The van der Waals surface area contributed by atoms with Gasteiger partial charge in [-0.25, -0.2) is 0 Å². The summed E-state index contributed by atoms with van der Waals surface area (Å²) in [7, 11) is 0. The van der Waals surface area contributed by atoms with Crippen molar-refractivity contribution in [2.75, 3.05) is 39.3 Å². The molecular weight excluding hydrogens is 577 g/mol. The van der Waals surface area contributed by atoms with Gasteiger partial charge in [-0.15, -0.1) is 0 Å². The molecule has 4 nitrogen and oxygen atoms in total. The van der Waals surface area contributed by atoms with Crippen LogP contribution in [0.25, 0.3) is 0 Å². The molecule has 0 bridgehead atoms. The van der Waals surface area contributed by atoms with E-state index >= 15 is 0 Å². The first-order valence-corrected chi connectivity index (χ1v) is 20.6. The number of rotatable bonds is 30. The van der Waals surface area contributed by atoms with E-state index in [2.05, 4.69) is 34.3 Å². The third-order valence-corrected chi connectivity index (χ3v) is 10.3. The molecule has 0 amide bonds. The van der Waals surface area contributed by atoms with Crippen LogP contribution in [0.4, 0.5) is 0 Å². The minimum atomic E-state index is 0.931. The fraction of sp³-hybridized carbons (Fsp3) is 0.947. The minimum Gasteiger partial charge on any atom is -0.363 e. The van der Waals surface area contributed by atoms with Crippen molar-refractivity contribution in [3.63, 3.8) is 0 Å². The first kappa shape index (κ1) is 41.4. The molecule has 0 saturated carbocycles. The first-order valence-electron chi connectivity index (χ1n) is 19.7. The van der Waals surface area contributed by atoms with Gasteiger partial charge in [0.15, 0.2) is 10.2 Å². The summed E-state index contributed by atoms with van der Waals surface area (Å²) in [6.45, 7) is 10.5. The van der Waals surface area contributed by atoms with Gasteiger partial charge in [0.2, 0.25) is 0 Å². The Kier molecular flexibility index (Phi) is 30.4. The highest BCUT2D eigenvalue weighted by atomic mass is 32.1. The third kappa shape index (κ3) is 25.6. The van der Waals surface area contributed by atoms with Crippen molar-refractivity contribution in [1.82, 2.24) is 20.4 Å². The van der Waals surface area contributed by atoms with Gasteiger partial charge in [0, 0.05) is 39.3 Å². The van der Waals surface area contributed by atoms with E-state index in [1.54, 1.807) is 0 Å². The van der Waals surface area contributed by atoms with Crippen molar-refractivity contribution in [3.05, 3.63) is 0 Å². The Morgan fingerprint density at radius 1 is 0.364 bits per heavy atom. The molecule has 0 aliphatic carbocycles. The molecule has 260 valence electrons. The van der Waals surface area contributed by atoms with Gasteiger partial charge in [0.25, 0.3) is 0 Å². The Bertz CT molecular complexity index is 582. The maximum Gasteiger partial charge on any atom is 0.169 e. The second-order valence-corrected chi connectivity index (χ2v) is 14.4. The van der Waals surface area contributed by atoms with Crippen LogP contribution < -0.4 is 10.6 Å². The molecule has 0 aromatic heterocycles. The number of nitrogens with zero attached hydrogens (tertiary/aromatic N) is 2. The number of thiocarbonyl (C=S) groups is 2. The van der Waals surface area contributed by atoms with Crippen LogP contribution in [0.2, 0.25) is 0 Å². The van der Waals surface area contributed by atoms with Gasteiger partial charge >= 0.3 is 0 Å². The molecule has 6 heteroatoms. The van der Waals surface area contributed by atoms with Crippen LogP contribution in [-0.4, -0.2) is 59.3 Å². The summed E-state index contributed by atoms with van der Waals surface area (Å²) in [6.07, 6.45) is 39.3. The van der Waals surface area contributed by atoms with E-state index < -0.39 is 0 Å². The van der Waals surface area contributed by atoms with Crippen molar-refractivity contribution in [3.8, 4) is 0 Å². The fourth-order valence-electron chi connectivity index (χ4n) is 6.37. The van der Waals surface area contributed by atoms with E-state index in [0.29, 0.717) is 0 Å². The van der Waals surface area contributed by atoms with E-state index in [1.165, 1.54) is 180 Å². The topological polar surface area (TPSA) is 30.5 Å². The minimum absolute atomic E-state index is 0.931. The Labute approximate surface area is 287 Å². The van der Waals surface area contributed by atoms with Crippen LogP contribution in [0.1, 0.15) is 194 Å². The summed E-state index contributed by atoms with van der Waals surface area (Å²) < 4.78 is 0. The highest BCUT2D eigenvalue weighted by Crippen LogP contribution is 2.14. The zero-order valence-electron chi connectivity index (χ0n) is 29.8. The number of piperazine rings is 1. The van der Waals surface area contributed by atoms with E-state index in [9.17, 15) is 0 Å². The molecule has 2 N–H and O–H groups in total. The molecule has 1 saturated heterocycles. The summed E-state index contributed by atoms with van der Waals surface area (Å²) in [5.74, 6) is 0. The van der Waals surface area contributed by atoms with E-state index in [1.807, 2.05) is 0 Å². The Morgan fingerprint density at radius 2 is 0.568 bits per heavy atom. The zero-order valence-corrected chi connectivity index (χ0v) is 31.4. The summed E-state index contributed by atoms with van der Waals surface area (Å²) >= 11 is 11.4.